The van der Waals surface area contributed by atoms with Crippen LogP contribution in [0.3, 0.4) is 0 Å². The molecule has 3 aromatic rings. The number of carboxylic acids is 1. The maximum atomic E-state index is 11.4. The van der Waals surface area contributed by atoms with Gasteiger partial charge in [-0.2, -0.15) is 5.10 Å². The highest BCUT2D eigenvalue weighted by molar-refractivity contribution is 7.89. The Morgan fingerprint density at radius 2 is 1.65 bits per heavy atom. The van der Waals surface area contributed by atoms with Crippen molar-refractivity contribution in [2.24, 2.45) is 5.14 Å². The molecule has 0 aliphatic heterocycles. The van der Waals surface area contributed by atoms with Crippen LogP contribution < -0.4 is 5.14 Å². The van der Waals surface area contributed by atoms with Gasteiger partial charge in [-0.3, -0.25) is 9.48 Å². The predicted molar refractivity (Wildman–Crippen MR) is 97.1 cm³/mol. The van der Waals surface area contributed by atoms with Gasteiger partial charge in [-0.05, 0) is 29.8 Å². The van der Waals surface area contributed by atoms with Crippen LogP contribution in [0.4, 0.5) is 0 Å². The van der Waals surface area contributed by atoms with Gasteiger partial charge in [0.05, 0.1) is 4.90 Å². The molecule has 0 aliphatic carbocycles. The summed E-state index contributed by atoms with van der Waals surface area (Å²) in [5, 5.41) is 19.0. The molecule has 0 saturated carbocycles. The van der Waals surface area contributed by atoms with Crippen molar-refractivity contribution < 1.29 is 18.3 Å². The van der Waals surface area contributed by atoms with Gasteiger partial charge in [0, 0.05) is 22.3 Å². The number of aromatic nitrogens is 2. The van der Waals surface area contributed by atoms with E-state index in [0.717, 1.165) is 5.56 Å². The third-order valence-corrected chi connectivity index (χ3v) is 4.85. The average Bonchev–Trinajstić information content (AvgIpc) is 2.98. The van der Waals surface area contributed by atoms with Gasteiger partial charge < -0.3 is 5.11 Å². The van der Waals surface area contributed by atoms with Crippen molar-refractivity contribution in [3.8, 4) is 22.4 Å². The van der Waals surface area contributed by atoms with Crippen LogP contribution in [0.1, 0.15) is 0 Å². The largest absolute Gasteiger partial charge is 0.480 e. The Hall–Kier alpha value is -2.68. The molecule has 1 heterocycles. The van der Waals surface area contributed by atoms with Crippen molar-refractivity contribution in [2.75, 3.05) is 0 Å². The van der Waals surface area contributed by atoms with E-state index < -0.39 is 16.0 Å². The maximum absolute atomic E-state index is 11.4. The lowest BCUT2D eigenvalue weighted by atomic mass is 10.0. The van der Waals surface area contributed by atoms with Crippen molar-refractivity contribution in [3.63, 3.8) is 0 Å². The van der Waals surface area contributed by atoms with Gasteiger partial charge in [0.2, 0.25) is 10.0 Å². The summed E-state index contributed by atoms with van der Waals surface area (Å²) in [6.07, 6.45) is 1.63. The first kappa shape index (κ1) is 18.1. The Kier molecular flexibility index (Phi) is 4.82. The van der Waals surface area contributed by atoms with E-state index in [1.54, 1.807) is 42.6 Å². The molecule has 134 valence electrons. The minimum Gasteiger partial charge on any atom is -0.480 e. The van der Waals surface area contributed by atoms with Gasteiger partial charge in [-0.15, -0.1) is 0 Å². The van der Waals surface area contributed by atoms with Crippen LogP contribution in [-0.4, -0.2) is 29.3 Å². The maximum Gasteiger partial charge on any atom is 0.325 e. The molecule has 3 N–H and O–H groups in total. The van der Waals surface area contributed by atoms with Gasteiger partial charge in [-0.1, -0.05) is 35.9 Å². The van der Waals surface area contributed by atoms with Crippen LogP contribution in [0.15, 0.2) is 59.6 Å². The Labute approximate surface area is 154 Å². The highest BCUT2D eigenvalue weighted by atomic mass is 35.5. The van der Waals surface area contributed by atoms with Gasteiger partial charge in [0.15, 0.2) is 0 Å². The fourth-order valence-electron chi connectivity index (χ4n) is 2.50. The molecule has 0 unspecified atom stereocenters. The first-order valence-electron chi connectivity index (χ1n) is 7.42. The second-order valence-corrected chi connectivity index (χ2v) is 7.56. The molecule has 0 atom stereocenters. The Morgan fingerprint density at radius 1 is 1.08 bits per heavy atom. The minimum absolute atomic E-state index is 0.0146. The highest BCUT2D eigenvalue weighted by Crippen LogP contribution is 2.32. The van der Waals surface area contributed by atoms with Gasteiger partial charge in [0.25, 0.3) is 0 Å². The van der Waals surface area contributed by atoms with Crippen molar-refractivity contribution >= 4 is 27.6 Å². The van der Waals surface area contributed by atoms with Crippen LogP contribution in [0, 0.1) is 0 Å². The molecule has 0 bridgehead atoms. The number of carboxylic acid groups (broad SMARTS) is 1. The monoisotopic (exact) mass is 391 g/mol. The molecular formula is C17H14ClN3O4S. The summed E-state index contributed by atoms with van der Waals surface area (Å²) in [4.78, 5) is 11.0. The number of primary sulfonamides is 1. The topological polar surface area (TPSA) is 115 Å². The number of aliphatic carboxylic acids is 1. The third kappa shape index (κ3) is 3.93. The Bertz CT molecular complexity index is 1060. The van der Waals surface area contributed by atoms with Crippen LogP contribution in [0.25, 0.3) is 22.4 Å². The molecule has 7 nitrogen and oxygen atoms in total. The molecule has 3 rings (SSSR count). The van der Waals surface area contributed by atoms with E-state index in [9.17, 15) is 13.2 Å². The molecular weight excluding hydrogens is 378 g/mol. The Balaban J connectivity index is 2.11. The molecule has 0 fully saturated rings. The number of hydrogen-bond donors (Lipinski definition) is 2. The fourth-order valence-corrected chi connectivity index (χ4v) is 3.14. The summed E-state index contributed by atoms with van der Waals surface area (Å²) in [6.45, 7) is -0.296. The zero-order valence-electron chi connectivity index (χ0n) is 13.3. The van der Waals surface area contributed by atoms with Gasteiger partial charge in [0.1, 0.15) is 12.2 Å². The molecule has 0 radical (unpaired) electrons. The van der Waals surface area contributed by atoms with E-state index in [-0.39, 0.29) is 11.4 Å². The normalized spacial score (nSPS) is 11.5. The molecule has 1 aromatic heterocycles. The van der Waals surface area contributed by atoms with Gasteiger partial charge in [-0.25, -0.2) is 13.6 Å². The number of carbonyl (C=O) groups is 1. The molecule has 0 saturated heterocycles. The summed E-state index contributed by atoms with van der Waals surface area (Å²) in [6, 6.07) is 13.0. The lowest BCUT2D eigenvalue weighted by Gasteiger charge is -2.04. The third-order valence-electron chi connectivity index (χ3n) is 3.67. The smallest absolute Gasteiger partial charge is 0.325 e. The number of nitrogens with zero attached hydrogens (tertiary/aromatic N) is 2. The number of nitrogens with two attached hydrogens (primary N) is 1. The van der Waals surface area contributed by atoms with Crippen LogP contribution >= 0.6 is 11.6 Å². The average molecular weight is 392 g/mol. The van der Waals surface area contributed by atoms with Crippen molar-refractivity contribution in [3.05, 3.63) is 59.8 Å². The number of halogens is 1. The number of rotatable bonds is 5. The SMILES string of the molecule is NS(=O)(=O)c1ccc(-c2nn(CC(=O)O)cc2-c2ccc(Cl)cc2)cc1. The molecule has 0 amide bonds. The molecule has 2 aromatic carbocycles. The second-order valence-electron chi connectivity index (χ2n) is 5.56. The van der Waals surface area contributed by atoms with Crippen LogP contribution in [-0.2, 0) is 21.4 Å². The predicted octanol–water partition coefficient (Wildman–Crippen LogP) is 2.60. The number of benzene rings is 2. The molecule has 9 heteroatoms. The van der Waals surface area contributed by atoms with Crippen molar-refractivity contribution in [2.45, 2.75) is 11.4 Å². The van der Waals surface area contributed by atoms with E-state index >= 15 is 0 Å². The first-order chi connectivity index (χ1) is 12.2. The molecule has 0 spiro atoms. The number of sulfonamides is 1. The lowest BCUT2D eigenvalue weighted by Crippen LogP contribution is -2.11. The summed E-state index contributed by atoms with van der Waals surface area (Å²) in [5.74, 6) is -1.02. The number of hydrogen-bond acceptors (Lipinski definition) is 4. The van der Waals surface area contributed by atoms with E-state index in [1.165, 1.54) is 16.8 Å². The zero-order valence-corrected chi connectivity index (χ0v) is 14.9. The summed E-state index contributed by atoms with van der Waals surface area (Å²) in [5.41, 5.74) is 2.66. The standard InChI is InChI=1S/C17H14ClN3O4S/c18-13-5-1-11(2-6-13)15-9-21(10-16(22)23)20-17(15)12-3-7-14(8-4-12)26(19,24)25/h1-9H,10H2,(H,22,23)(H2,19,24,25). The second kappa shape index (κ2) is 6.91. The summed E-state index contributed by atoms with van der Waals surface area (Å²) < 4.78 is 24.1. The summed E-state index contributed by atoms with van der Waals surface area (Å²) in [7, 11) is -3.80. The quantitative estimate of drug-likeness (QED) is 0.693. The van der Waals surface area contributed by atoms with Gasteiger partial charge >= 0.3 is 5.97 Å². The van der Waals surface area contributed by atoms with E-state index in [4.69, 9.17) is 21.8 Å². The van der Waals surface area contributed by atoms with E-state index in [1.807, 2.05) is 0 Å². The highest BCUT2D eigenvalue weighted by Gasteiger charge is 2.16. The van der Waals surface area contributed by atoms with Crippen LogP contribution in [0.2, 0.25) is 5.02 Å². The van der Waals surface area contributed by atoms with Crippen LogP contribution in [0.5, 0.6) is 0 Å². The van der Waals surface area contributed by atoms with E-state index in [2.05, 4.69) is 5.10 Å². The van der Waals surface area contributed by atoms with Crippen molar-refractivity contribution in [1.82, 2.24) is 9.78 Å². The lowest BCUT2D eigenvalue weighted by molar-refractivity contribution is -0.137. The fraction of sp³-hybridized carbons (Fsp3) is 0.0588. The summed E-state index contributed by atoms with van der Waals surface area (Å²) >= 11 is 5.92. The Morgan fingerprint density at radius 3 is 2.19 bits per heavy atom. The molecule has 0 aliphatic rings. The van der Waals surface area contributed by atoms with Crippen molar-refractivity contribution in [1.29, 1.82) is 0 Å². The first-order valence-corrected chi connectivity index (χ1v) is 9.35. The minimum atomic E-state index is -3.80. The molecule has 26 heavy (non-hydrogen) atoms. The van der Waals surface area contributed by atoms with E-state index in [0.29, 0.717) is 21.8 Å². The zero-order chi connectivity index (χ0) is 18.9.